The number of nitrogens with one attached hydrogen (secondary N) is 2. The van der Waals surface area contributed by atoms with Crippen LogP contribution in [-0.4, -0.2) is 39.6 Å². The zero-order valence-corrected chi connectivity index (χ0v) is 18.9. The smallest absolute Gasteiger partial charge is 0.251 e. The van der Waals surface area contributed by atoms with Crippen LogP contribution in [0.1, 0.15) is 18.0 Å². The number of oxazole rings is 1. The second-order valence-corrected chi connectivity index (χ2v) is 7.85. The molecule has 0 fully saturated rings. The number of para-hydroxylation sites is 1. The van der Waals surface area contributed by atoms with Crippen molar-refractivity contribution >= 4 is 34.5 Å². The number of imidazole rings is 1. The van der Waals surface area contributed by atoms with E-state index in [4.69, 9.17) is 14.1 Å². The molecule has 5 rings (SSSR count). The number of carbonyl (C=O) groups is 1. The molecule has 9 nitrogen and oxygen atoms in total. The lowest BCUT2D eigenvalue weighted by Gasteiger charge is -2.17. The predicted molar refractivity (Wildman–Crippen MR) is 130 cm³/mol. The van der Waals surface area contributed by atoms with E-state index in [0.717, 1.165) is 27.9 Å². The first kappa shape index (κ1) is 21.4. The summed E-state index contributed by atoms with van der Waals surface area (Å²) in [5.74, 6) is 1.88. The molecular weight excluding hydrogens is 432 g/mol. The average Bonchev–Trinajstić information content (AvgIpc) is 3.47. The Morgan fingerprint density at radius 2 is 1.97 bits per heavy atom. The van der Waals surface area contributed by atoms with E-state index in [9.17, 15) is 4.79 Å². The van der Waals surface area contributed by atoms with Crippen molar-refractivity contribution in [3.8, 4) is 17.2 Å². The number of hydrogen-bond donors (Lipinski definition) is 2. The lowest BCUT2D eigenvalue weighted by atomic mass is 10.0. The van der Waals surface area contributed by atoms with Gasteiger partial charge in [0.2, 0.25) is 12.3 Å². The minimum Gasteiger partial charge on any atom is -0.494 e. The van der Waals surface area contributed by atoms with Crippen LogP contribution in [0, 0.1) is 0 Å². The summed E-state index contributed by atoms with van der Waals surface area (Å²) in [4.78, 5) is 25.0. The molecule has 0 aliphatic carbocycles. The first-order chi connectivity index (χ1) is 16.7. The fraction of sp³-hybridized carbons (Fsp3) is 0.200. The fourth-order valence-corrected chi connectivity index (χ4v) is 4.01. The summed E-state index contributed by atoms with van der Waals surface area (Å²) in [6.45, 7) is 0.456. The van der Waals surface area contributed by atoms with Crippen LogP contribution in [0.3, 0.4) is 0 Å². The van der Waals surface area contributed by atoms with E-state index in [2.05, 4.69) is 20.6 Å². The number of fused-ring (bicyclic) bond motifs is 3. The van der Waals surface area contributed by atoms with Gasteiger partial charge in [0.25, 0.3) is 5.71 Å². The molecule has 0 radical (unpaired) electrons. The van der Waals surface area contributed by atoms with Gasteiger partial charge in [0.1, 0.15) is 16.8 Å². The number of carbonyl (C=O) groups excluding carboxylic acids is 1. The molecule has 34 heavy (non-hydrogen) atoms. The average molecular weight is 457 g/mol. The van der Waals surface area contributed by atoms with Gasteiger partial charge in [0.15, 0.2) is 11.3 Å². The highest BCUT2D eigenvalue weighted by atomic mass is 16.5. The number of anilines is 1. The fourth-order valence-electron chi connectivity index (χ4n) is 4.01. The van der Waals surface area contributed by atoms with Crippen LogP contribution in [0.4, 0.5) is 5.82 Å². The molecule has 5 aromatic rings. The third-order valence-corrected chi connectivity index (χ3v) is 5.67. The summed E-state index contributed by atoms with van der Waals surface area (Å²) in [5.41, 5.74) is 4.38. The van der Waals surface area contributed by atoms with E-state index < -0.39 is 0 Å². The molecule has 3 heterocycles. The molecule has 0 bridgehead atoms. The van der Waals surface area contributed by atoms with E-state index in [1.54, 1.807) is 13.4 Å². The van der Waals surface area contributed by atoms with Gasteiger partial charge in [-0.2, -0.15) is 4.98 Å². The second-order valence-electron chi connectivity index (χ2n) is 7.85. The Balaban J connectivity index is 1.44. The molecule has 0 aliphatic heterocycles. The molecule has 2 aromatic carbocycles. The normalized spacial score (nSPS) is 12.1. The molecule has 1 atom stereocenters. The topological polar surface area (TPSA) is 107 Å². The quantitative estimate of drug-likeness (QED) is 0.322. The van der Waals surface area contributed by atoms with Crippen LogP contribution >= 0.6 is 0 Å². The van der Waals surface area contributed by atoms with Gasteiger partial charge in [-0.25, -0.2) is 9.97 Å². The molecule has 2 N–H and O–H groups in total. The zero-order chi connectivity index (χ0) is 23.5. The van der Waals surface area contributed by atoms with Crippen molar-refractivity contribution in [3.05, 3.63) is 66.5 Å². The van der Waals surface area contributed by atoms with Gasteiger partial charge in [-0.05, 0) is 29.8 Å². The maximum absolute atomic E-state index is 11.3. The molecule has 0 aliphatic rings. The van der Waals surface area contributed by atoms with Crippen LogP contribution in [0.5, 0.6) is 5.75 Å². The number of nitrogens with zero attached hydrogens (tertiary/aromatic N) is 4. The molecule has 0 spiro atoms. The highest BCUT2D eigenvalue weighted by Crippen LogP contribution is 2.32. The van der Waals surface area contributed by atoms with E-state index in [1.807, 2.05) is 66.2 Å². The Morgan fingerprint density at radius 1 is 1.12 bits per heavy atom. The third kappa shape index (κ3) is 4.03. The van der Waals surface area contributed by atoms with Crippen molar-refractivity contribution < 1.29 is 13.9 Å². The molecule has 1 amide bonds. The number of amides is 1. The molecule has 9 heteroatoms. The summed E-state index contributed by atoms with van der Waals surface area (Å²) >= 11 is 0. The Morgan fingerprint density at radius 3 is 2.76 bits per heavy atom. The van der Waals surface area contributed by atoms with E-state index >= 15 is 0 Å². The van der Waals surface area contributed by atoms with Crippen molar-refractivity contribution in [1.29, 1.82) is 0 Å². The Kier molecular flexibility index (Phi) is 5.82. The standard InChI is InChI=1S/C25H24N6O3/c1-26-23-20-22(31(2)14-27-20)21-25(30-23)34-24(29-21)17-8-6-7-16(13-17)19(28-15-32)11-12-33-18-9-4-3-5-10-18/h3-10,13-15,19H,11-12H2,1-2H3,(H,26,30)(H,28,32). The maximum atomic E-state index is 11.3. The third-order valence-electron chi connectivity index (χ3n) is 5.67. The van der Waals surface area contributed by atoms with Gasteiger partial charge in [-0.15, -0.1) is 0 Å². The van der Waals surface area contributed by atoms with Gasteiger partial charge >= 0.3 is 0 Å². The maximum Gasteiger partial charge on any atom is 0.251 e. The lowest BCUT2D eigenvalue weighted by Crippen LogP contribution is -2.21. The number of aromatic nitrogens is 4. The highest BCUT2D eigenvalue weighted by Gasteiger charge is 2.19. The lowest BCUT2D eigenvalue weighted by molar-refractivity contribution is -0.110. The summed E-state index contributed by atoms with van der Waals surface area (Å²) in [6.07, 6.45) is 3.05. The molecule has 1 unspecified atom stereocenters. The van der Waals surface area contributed by atoms with Gasteiger partial charge in [0.05, 0.1) is 19.0 Å². The number of aryl methyl sites for hydroxylation is 1. The van der Waals surface area contributed by atoms with Crippen molar-refractivity contribution in [2.45, 2.75) is 12.5 Å². The van der Waals surface area contributed by atoms with Crippen LogP contribution in [-0.2, 0) is 11.8 Å². The SMILES string of the molecule is CNc1nc2oc(-c3cccc(C(CCOc4ccccc4)NC=O)c3)nc2c2c1ncn2C. The van der Waals surface area contributed by atoms with Crippen molar-refractivity contribution in [3.63, 3.8) is 0 Å². The van der Waals surface area contributed by atoms with Crippen LogP contribution < -0.4 is 15.4 Å². The monoisotopic (exact) mass is 456 g/mol. The van der Waals surface area contributed by atoms with Gasteiger partial charge in [-0.3, -0.25) is 4.79 Å². The van der Waals surface area contributed by atoms with Gasteiger partial charge < -0.3 is 24.4 Å². The minimum absolute atomic E-state index is 0.219. The highest BCUT2D eigenvalue weighted by molar-refractivity contribution is 6.03. The van der Waals surface area contributed by atoms with E-state index in [-0.39, 0.29) is 6.04 Å². The van der Waals surface area contributed by atoms with Crippen LogP contribution in [0.25, 0.3) is 33.7 Å². The van der Waals surface area contributed by atoms with Crippen LogP contribution in [0.15, 0.2) is 65.3 Å². The molecule has 172 valence electrons. The van der Waals surface area contributed by atoms with E-state index in [0.29, 0.717) is 42.4 Å². The Hall–Kier alpha value is -4.40. The Bertz CT molecular complexity index is 1440. The molecule has 0 saturated heterocycles. The van der Waals surface area contributed by atoms with Crippen molar-refractivity contribution in [2.24, 2.45) is 7.05 Å². The van der Waals surface area contributed by atoms with Gasteiger partial charge in [0, 0.05) is 26.1 Å². The molecule has 3 aromatic heterocycles. The molecular formula is C25H24N6O3. The van der Waals surface area contributed by atoms with E-state index in [1.165, 1.54) is 0 Å². The number of ether oxygens (including phenoxy) is 1. The summed E-state index contributed by atoms with van der Waals surface area (Å²) in [6, 6.07) is 17.2. The predicted octanol–water partition coefficient (Wildman–Crippen LogP) is 4.07. The summed E-state index contributed by atoms with van der Waals surface area (Å²) in [5, 5.41) is 5.96. The van der Waals surface area contributed by atoms with Crippen LogP contribution in [0.2, 0.25) is 0 Å². The van der Waals surface area contributed by atoms with Crippen molar-refractivity contribution in [1.82, 2.24) is 24.8 Å². The first-order valence-electron chi connectivity index (χ1n) is 10.9. The first-order valence-corrected chi connectivity index (χ1v) is 10.9. The number of benzene rings is 2. The second kappa shape index (κ2) is 9.22. The molecule has 0 saturated carbocycles. The summed E-state index contributed by atoms with van der Waals surface area (Å²) in [7, 11) is 3.71. The number of rotatable bonds is 9. The van der Waals surface area contributed by atoms with Gasteiger partial charge in [-0.1, -0.05) is 30.3 Å². The van der Waals surface area contributed by atoms with Crippen molar-refractivity contribution in [2.75, 3.05) is 19.0 Å². The number of hydrogen-bond acceptors (Lipinski definition) is 7. The number of pyridine rings is 1. The summed E-state index contributed by atoms with van der Waals surface area (Å²) < 4.78 is 13.8. The largest absolute Gasteiger partial charge is 0.494 e. The Labute approximate surface area is 195 Å². The zero-order valence-electron chi connectivity index (χ0n) is 18.9. The minimum atomic E-state index is -0.219.